The van der Waals surface area contributed by atoms with E-state index in [-0.39, 0.29) is 17.6 Å². The van der Waals surface area contributed by atoms with Gasteiger partial charge < -0.3 is 15.0 Å². The molecule has 3 N–H and O–H groups in total. The van der Waals surface area contributed by atoms with Gasteiger partial charge in [-0.2, -0.15) is 0 Å². The van der Waals surface area contributed by atoms with E-state index in [2.05, 4.69) is 15.3 Å². The standard InChI is InChI=1S/C16H17ClFN5O2.2C2H6/c1-3-25-15(24)20-9-4-5-11(18)10(6-9)16(2)8-23-7-12(17)21-14(23)13(19)22-16;2*1-2/h4-7H,3,8H2,1-2H3,(H2,19,22)(H,20,24);2*1-2H3. The number of benzene rings is 1. The second kappa shape index (κ2) is 10.8. The topological polar surface area (TPSA) is 94.5 Å². The zero-order valence-electron chi connectivity index (χ0n) is 17.7. The summed E-state index contributed by atoms with van der Waals surface area (Å²) in [6.45, 7) is 12.0. The third-order valence-corrected chi connectivity index (χ3v) is 4.07. The monoisotopic (exact) mass is 425 g/mol. The van der Waals surface area contributed by atoms with E-state index in [0.717, 1.165) is 0 Å². The van der Waals surface area contributed by atoms with Crippen molar-refractivity contribution < 1.29 is 13.9 Å². The van der Waals surface area contributed by atoms with Crippen LogP contribution in [0.25, 0.3) is 0 Å². The lowest BCUT2D eigenvalue weighted by Gasteiger charge is -2.31. The van der Waals surface area contributed by atoms with Gasteiger partial charge in [0.1, 0.15) is 16.5 Å². The first-order valence-electron chi connectivity index (χ1n) is 9.64. The molecule has 0 radical (unpaired) electrons. The van der Waals surface area contributed by atoms with Crippen LogP contribution >= 0.6 is 11.6 Å². The fraction of sp³-hybridized carbons (Fsp3) is 0.450. The van der Waals surface area contributed by atoms with Gasteiger partial charge in [0.25, 0.3) is 0 Å². The summed E-state index contributed by atoms with van der Waals surface area (Å²) in [5.41, 5.74) is 5.70. The van der Waals surface area contributed by atoms with Gasteiger partial charge in [-0.15, -0.1) is 0 Å². The molecular formula is C20H29ClFN5O2. The third-order valence-electron chi connectivity index (χ3n) is 3.89. The lowest BCUT2D eigenvalue weighted by Crippen LogP contribution is -2.37. The quantitative estimate of drug-likeness (QED) is 0.728. The van der Waals surface area contributed by atoms with E-state index in [0.29, 0.717) is 23.6 Å². The van der Waals surface area contributed by atoms with Crippen molar-refractivity contribution in [3.8, 4) is 0 Å². The summed E-state index contributed by atoms with van der Waals surface area (Å²) in [7, 11) is 0. The van der Waals surface area contributed by atoms with Gasteiger partial charge >= 0.3 is 6.09 Å². The Kier molecular flexibility index (Phi) is 9.10. The highest BCUT2D eigenvalue weighted by Crippen LogP contribution is 2.35. The molecule has 0 spiro atoms. The number of carbonyl (C=O) groups excluding carboxylic acids is 1. The minimum absolute atomic E-state index is 0.170. The number of rotatable bonds is 3. The van der Waals surface area contributed by atoms with Crippen molar-refractivity contribution >= 4 is 29.2 Å². The average Bonchev–Trinajstić information content (AvgIpc) is 3.07. The number of nitrogens with zero attached hydrogens (tertiary/aromatic N) is 3. The van der Waals surface area contributed by atoms with Crippen LogP contribution in [0.2, 0.25) is 5.15 Å². The Labute approximate surface area is 176 Å². The molecule has 1 aliphatic heterocycles. The Morgan fingerprint density at radius 1 is 1.38 bits per heavy atom. The molecule has 160 valence electrons. The highest BCUT2D eigenvalue weighted by Gasteiger charge is 2.35. The number of anilines is 1. The normalized spacial score (nSPS) is 16.9. The zero-order chi connectivity index (χ0) is 22.2. The number of carbonyl (C=O) groups is 1. The number of aromatic nitrogens is 2. The number of ether oxygens (including phenoxy) is 1. The van der Waals surface area contributed by atoms with Gasteiger partial charge in [-0.1, -0.05) is 39.3 Å². The molecule has 0 fully saturated rings. The molecule has 1 amide bonds. The first kappa shape index (κ1) is 24.4. The Balaban J connectivity index is 0.000000989. The molecular weight excluding hydrogens is 397 g/mol. The number of halogens is 2. The molecule has 9 heteroatoms. The molecule has 1 aromatic carbocycles. The summed E-state index contributed by atoms with van der Waals surface area (Å²) in [5, 5.41) is 2.84. The largest absolute Gasteiger partial charge is 0.450 e. The van der Waals surface area contributed by atoms with Gasteiger partial charge in [0.15, 0.2) is 11.7 Å². The fourth-order valence-corrected chi connectivity index (χ4v) is 3.04. The number of hydrogen-bond acceptors (Lipinski definition) is 5. The van der Waals surface area contributed by atoms with Crippen molar-refractivity contribution in [2.75, 3.05) is 11.9 Å². The Morgan fingerprint density at radius 3 is 2.66 bits per heavy atom. The molecule has 0 aliphatic carbocycles. The van der Waals surface area contributed by atoms with Crippen LogP contribution in [0.3, 0.4) is 0 Å². The lowest BCUT2D eigenvalue weighted by atomic mass is 9.90. The second-order valence-electron chi connectivity index (χ2n) is 5.83. The van der Waals surface area contributed by atoms with Crippen molar-refractivity contribution in [1.29, 1.82) is 0 Å². The van der Waals surface area contributed by atoms with Crippen LogP contribution < -0.4 is 11.1 Å². The lowest BCUT2D eigenvalue weighted by molar-refractivity contribution is 0.168. The number of nitrogens with two attached hydrogens (primary N) is 1. The van der Waals surface area contributed by atoms with Crippen LogP contribution in [-0.4, -0.2) is 28.1 Å². The predicted molar refractivity (Wildman–Crippen MR) is 115 cm³/mol. The number of imidazole rings is 1. The molecule has 2 aromatic rings. The minimum atomic E-state index is -0.975. The highest BCUT2D eigenvalue weighted by molar-refractivity contribution is 6.29. The molecule has 0 bridgehead atoms. The van der Waals surface area contributed by atoms with E-state index in [1.165, 1.54) is 18.2 Å². The Bertz CT molecular complexity index is 869. The molecule has 1 unspecified atom stereocenters. The third kappa shape index (κ3) is 5.69. The molecule has 0 saturated carbocycles. The average molecular weight is 426 g/mol. The molecule has 1 aliphatic rings. The molecule has 1 aromatic heterocycles. The van der Waals surface area contributed by atoms with Crippen molar-refractivity contribution in [3.05, 3.63) is 46.8 Å². The summed E-state index contributed by atoms with van der Waals surface area (Å²) in [6, 6.07) is 4.24. The van der Waals surface area contributed by atoms with Crippen molar-refractivity contribution in [3.63, 3.8) is 0 Å². The SMILES string of the molecule is CC.CC.CCOC(=O)Nc1ccc(F)c(C2(C)Cn3cc(Cl)nc3C(N)=N2)c1. The van der Waals surface area contributed by atoms with Gasteiger partial charge in [-0.05, 0) is 32.0 Å². The van der Waals surface area contributed by atoms with Crippen molar-refractivity contribution in [2.45, 2.75) is 53.6 Å². The van der Waals surface area contributed by atoms with Gasteiger partial charge in [0.05, 0.1) is 13.2 Å². The number of amides is 1. The van der Waals surface area contributed by atoms with Gasteiger partial charge in [0.2, 0.25) is 0 Å². The summed E-state index contributed by atoms with van der Waals surface area (Å²) >= 11 is 5.92. The Hall–Kier alpha value is -2.61. The molecule has 3 rings (SSSR count). The molecule has 29 heavy (non-hydrogen) atoms. The number of amidine groups is 1. The van der Waals surface area contributed by atoms with Crippen molar-refractivity contribution in [2.24, 2.45) is 10.7 Å². The van der Waals surface area contributed by atoms with Crippen LogP contribution in [0.5, 0.6) is 0 Å². The van der Waals surface area contributed by atoms with E-state index in [9.17, 15) is 9.18 Å². The van der Waals surface area contributed by atoms with Gasteiger partial charge in [-0.25, -0.2) is 14.2 Å². The van der Waals surface area contributed by atoms with Crippen LogP contribution in [0.4, 0.5) is 14.9 Å². The van der Waals surface area contributed by atoms with Crippen molar-refractivity contribution in [1.82, 2.24) is 9.55 Å². The summed E-state index contributed by atoms with van der Waals surface area (Å²) in [5.74, 6) is 0.163. The summed E-state index contributed by atoms with van der Waals surface area (Å²) in [4.78, 5) is 20.1. The predicted octanol–water partition coefficient (Wildman–Crippen LogP) is 4.93. The summed E-state index contributed by atoms with van der Waals surface area (Å²) < 4.78 is 21.1. The van der Waals surface area contributed by atoms with Crippen LogP contribution in [0, 0.1) is 5.82 Å². The fourth-order valence-electron chi connectivity index (χ4n) is 2.84. The molecule has 1 atom stereocenters. The first-order chi connectivity index (χ1) is 13.8. The van der Waals surface area contributed by atoms with Crippen LogP contribution in [-0.2, 0) is 16.8 Å². The highest BCUT2D eigenvalue weighted by atomic mass is 35.5. The summed E-state index contributed by atoms with van der Waals surface area (Å²) in [6.07, 6.45) is 1.01. The number of hydrogen-bond donors (Lipinski definition) is 2. The minimum Gasteiger partial charge on any atom is -0.450 e. The van der Waals surface area contributed by atoms with Crippen LogP contribution in [0.1, 0.15) is 52.9 Å². The van der Waals surface area contributed by atoms with E-state index in [1.54, 1.807) is 24.6 Å². The molecule has 7 nitrogen and oxygen atoms in total. The van der Waals surface area contributed by atoms with Gasteiger partial charge in [-0.3, -0.25) is 10.3 Å². The maximum absolute atomic E-state index is 14.5. The number of fused-ring (bicyclic) bond motifs is 1. The van der Waals surface area contributed by atoms with E-state index >= 15 is 0 Å². The zero-order valence-corrected chi connectivity index (χ0v) is 18.5. The van der Waals surface area contributed by atoms with Crippen LogP contribution in [0.15, 0.2) is 29.4 Å². The molecule has 2 heterocycles. The second-order valence-corrected chi connectivity index (χ2v) is 6.21. The number of nitrogens with one attached hydrogen (secondary N) is 1. The smallest absolute Gasteiger partial charge is 0.411 e. The Morgan fingerprint density at radius 2 is 2.03 bits per heavy atom. The maximum Gasteiger partial charge on any atom is 0.411 e. The molecule has 0 saturated heterocycles. The van der Waals surface area contributed by atoms with E-state index < -0.39 is 17.4 Å². The first-order valence-corrected chi connectivity index (χ1v) is 10.0. The maximum atomic E-state index is 14.5. The van der Waals surface area contributed by atoms with Gasteiger partial charge in [0, 0.05) is 17.4 Å². The number of aliphatic imine (C=N–C) groups is 1. The van der Waals surface area contributed by atoms with E-state index in [4.69, 9.17) is 22.1 Å². The van der Waals surface area contributed by atoms with E-state index in [1.807, 2.05) is 27.7 Å².